The van der Waals surface area contributed by atoms with E-state index in [4.69, 9.17) is 21.3 Å². The SMILES string of the molecule is Cc1cc(N2CCN(S(=O)(=O)c3cccc(Cl)c3)CC2)nc(N2CCOCC2)n1. The summed E-state index contributed by atoms with van der Waals surface area (Å²) in [6, 6.07) is 8.34. The van der Waals surface area contributed by atoms with Gasteiger partial charge in [-0.25, -0.2) is 13.4 Å². The summed E-state index contributed by atoms with van der Waals surface area (Å²) >= 11 is 5.97. The van der Waals surface area contributed by atoms with Crippen LogP contribution < -0.4 is 9.80 Å². The fraction of sp³-hybridized carbons (Fsp3) is 0.474. The van der Waals surface area contributed by atoms with Crippen molar-refractivity contribution in [3.05, 3.63) is 41.0 Å². The molecule has 3 heterocycles. The molecule has 29 heavy (non-hydrogen) atoms. The molecule has 0 N–H and O–H groups in total. The van der Waals surface area contributed by atoms with Crippen molar-refractivity contribution in [1.82, 2.24) is 14.3 Å². The Hall–Kier alpha value is -1.94. The highest BCUT2D eigenvalue weighted by atomic mass is 35.5. The van der Waals surface area contributed by atoms with Crippen LogP contribution in [0.1, 0.15) is 5.69 Å². The Morgan fingerprint density at radius 3 is 2.38 bits per heavy atom. The largest absolute Gasteiger partial charge is 0.378 e. The van der Waals surface area contributed by atoms with Crippen molar-refractivity contribution in [3.63, 3.8) is 0 Å². The summed E-state index contributed by atoms with van der Waals surface area (Å²) in [7, 11) is -3.56. The molecule has 1 aromatic heterocycles. The van der Waals surface area contributed by atoms with Gasteiger partial charge in [0.2, 0.25) is 16.0 Å². The quantitative estimate of drug-likeness (QED) is 0.721. The van der Waals surface area contributed by atoms with E-state index in [1.165, 1.54) is 10.4 Å². The molecule has 4 rings (SSSR count). The van der Waals surface area contributed by atoms with Gasteiger partial charge in [-0.15, -0.1) is 0 Å². The van der Waals surface area contributed by atoms with E-state index in [0.29, 0.717) is 50.4 Å². The van der Waals surface area contributed by atoms with Crippen molar-refractivity contribution in [1.29, 1.82) is 0 Å². The summed E-state index contributed by atoms with van der Waals surface area (Å²) in [5.74, 6) is 1.54. The third-order valence-electron chi connectivity index (χ3n) is 5.12. The van der Waals surface area contributed by atoms with Crippen LogP contribution >= 0.6 is 11.6 Å². The Morgan fingerprint density at radius 1 is 0.966 bits per heavy atom. The first-order valence-electron chi connectivity index (χ1n) is 9.62. The lowest BCUT2D eigenvalue weighted by molar-refractivity contribution is 0.122. The maximum Gasteiger partial charge on any atom is 0.243 e. The smallest absolute Gasteiger partial charge is 0.243 e. The number of rotatable bonds is 4. The molecule has 0 saturated carbocycles. The molecule has 2 aliphatic heterocycles. The van der Waals surface area contributed by atoms with Gasteiger partial charge in [0.15, 0.2) is 0 Å². The van der Waals surface area contributed by atoms with Crippen LogP contribution in [0.3, 0.4) is 0 Å². The molecule has 1 aromatic carbocycles. The second kappa shape index (κ2) is 8.43. The number of hydrogen-bond donors (Lipinski definition) is 0. The molecule has 0 spiro atoms. The van der Waals surface area contributed by atoms with Gasteiger partial charge in [-0.3, -0.25) is 0 Å². The molecule has 2 fully saturated rings. The number of halogens is 1. The van der Waals surface area contributed by atoms with Gasteiger partial charge in [-0.05, 0) is 25.1 Å². The van der Waals surface area contributed by atoms with Crippen molar-refractivity contribution in [2.75, 3.05) is 62.3 Å². The number of anilines is 2. The normalized spacial score (nSPS) is 18.8. The van der Waals surface area contributed by atoms with Gasteiger partial charge in [0.1, 0.15) is 5.82 Å². The van der Waals surface area contributed by atoms with Crippen LogP contribution in [0.5, 0.6) is 0 Å². The highest BCUT2D eigenvalue weighted by molar-refractivity contribution is 7.89. The third kappa shape index (κ3) is 4.48. The molecule has 2 aromatic rings. The molecule has 0 bridgehead atoms. The highest BCUT2D eigenvalue weighted by Crippen LogP contribution is 2.24. The van der Waals surface area contributed by atoms with E-state index >= 15 is 0 Å². The van der Waals surface area contributed by atoms with Crippen LogP contribution in [0.25, 0.3) is 0 Å². The molecule has 0 aliphatic carbocycles. The monoisotopic (exact) mass is 437 g/mol. The number of piperazine rings is 1. The predicted molar refractivity (Wildman–Crippen MR) is 112 cm³/mol. The minimum atomic E-state index is -3.56. The van der Waals surface area contributed by atoms with Crippen molar-refractivity contribution in [2.24, 2.45) is 0 Å². The van der Waals surface area contributed by atoms with Crippen LogP contribution in [-0.2, 0) is 14.8 Å². The lowest BCUT2D eigenvalue weighted by Crippen LogP contribution is -2.49. The number of hydrogen-bond acceptors (Lipinski definition) is 7. The predicted octanol–water partition coefficient (Wildman–Crippen LogP) is 1.79. The van der Waals surface area contributed by atoms with Crippen LogP contribution in [0.4, 0.5) is 11.8 Å². The van der Waals surface area contributed by atoms with E-state index in [0.717, 1.165) is 24.6 Å². The van der Waals surface area contributed by atoms with Crippen molar-refractivity contribution < 1.29 is 13.2 Å². The van der Waals surface area contributed by atoms with Crippen molar-refractivity contribution in [2.45, 2.75) is 11.8 Å². The summed E-state index contributed by atoms with van der Waals surface area (Å²) < 4.78 is 32.7. The minimum absolute atomic E-state index is 0.228. The zero-order valence-corrected chi connectivity index (χ0v) is 17.9. The summed E-state index contributed by atoms with van der Waals surface area (Å²) in [4.78, 5) is 13.8. The summed E-state index contributed by atoms with van der Waals surface area (Å²) in [6.07, 6.45) is 0. The lowest BCUT2D eigenvalue weighted by atomic mass is 10.3. The van der Waals surface area contributed by atoms with E-state index < -0.39 is 10.0 Å². The molecular weight excluding hydrogens is 414 g/mol. The van der Waals surface area contributed by atoms with E-state index in [9.17, 15) is 8.42 Å². The van der Waals surface area contributed by atoms with Gasteiger partial charge >= 0.3 is 0 Å². The van der Waals surface area contributed by atoms with Gasteiger partial charge in [0.05, 0.1) is 18.1 Å². The first-order chi connectivity index (χ1) is 13.9. The Kier molecular flexibility index (Phi) is 5.91. The minimum Gasteiger partial charge on any atom is -0.378 e. The Balaban J connectivity index is 1.47. The number of aryl methyl sites for hydroxylation is 1. The molecule has 0 unspecified atom stereocenters. The Labute approximate surface area is 176 Å². The fourth-order valence-corrected chi connectivity index (χ4v) is 5.26. The number of morpholine rings is 1. The van der Waals surface area contributed by atoms with Crippen LogP contribution in [0, 0.1) is 6.92 Å². The van der Waals surface area contributed by atoms with Gasteiger partial charge in [0, 0.05) is 56.1 Å². The van der Waals surface area contributed by atoms with E-state index in [1.807, 2.05) is 13.0 Å². The Morgan fingerprint density at radius 2 is 1.69 bits per heavy atom. The molecular formula is C19H24ClN5O3S. The van der Waals surface area contributed by atoms with Gasteiger partial charge in [-0.1, -0.05) is 17.7 Å². The molecule has 8 nitrogen and oxygen atoms in total. The highest BCUT2D eigenvalue weighted by Gasteiger charge is 2.29. The number of benzene rings is 1. The lowest BCUT2D eigenvalue weighted by Gasteiger charge is -2.35. The second-order valence-corrected chi connectivity index (χ2v) is 9.49. The molecule has 2 saturated heterocycles. The van der Waals surface area contributed by atoms with E-state index in [1.54, 1.807) is 18.2 Å². The average molecular weight is 438 g/mol. The Bertz CT molecular complexity index is 974. The van der Waals surface area contributed by atoms with E-state index in [-0.39, 0.29) is 4.90 Å². The summed E-state index contributed by atoms with van der Waals surface area (Å²) in [6.45, 7) is 6.77. The number of sulfonamides is 1. The van der Waals surface area contributed by atoms with E-state index in [2.05, 4.69) is 14.8 Å². The van der Waals surface area contributed by atoms with Crippen molar-refractivity contribution in [3.8, 4) is 0 Å². The zero-order chi connectivity index (χ0) is 20.4. The molecule has 0 amide bonds. The maximum atomic E-state index is 12.9. The van der Waals surface area contributed by atoms with Gasteiger partial charge in [0.25, 0.3) is 0 Å². The standard InChI is InChI=1S/C19H24ClN5O3S/c1-15-13-18(22-19(21-15)24-9-11-28-12-10-24)23-5-7-25(8-6-23)29(26,27)17-4-2-3-16(20)14-17/h2-4,13-14H,5-12H2,1H3. The molecule has 10 heteroatoms. The molecule has 0 atom stereocenters. The maximum absolute atomic E-state index is 12.9. The van der Waals surface area contributed by atoms with Crippen LogP contribution in [0.15, 0.2) is 35.2 Å². The van der Waals surface area contributed by atoms with Crippen LogP contribution in [0.2, 0.25) is 5.02 Å². The second-order valence-electron chi connectivity index (χ2n) is 7.12. The number of nitrogens with zero attached hydrogens (tertiary/aromatic N) is 5. The zero-order valence-electron chi connectivity index (χ0n) is 16.3. The van der Waals surface area contributed by atoms with Crippen molar-refractivity contribution >= 4 is 33.4 Å². The molecule has 156 valence electrons. The van der Waals surface area contributed by atoms with Gasteiger partial charge < -0.3 is 14.5 Å². The average Bonchev–Trinajstić information content (AvgIpc) is 2.74. The topological polar surface area (TPSA) is 78.9 Å². The third-order valence-corrected chi connectivity index (χ3v) is 7.25. The molecule has 0 radical (unpaired) electrons. The first-order valence-corrected chi connectivity index (χ1v) is 11.4. The molecule has 2 aliphatic rings. The fourth-order valence-electron chi connectivity index (χ4n) is 3.54. The number of aromatic nitrogens is 2. The summed E-state index contributed by atoms with van der Waals surface area (Å²) in [5, 5.41) is 0.414. The summed E-state index contributed by atoms with van der Waals surface area (Å²) in [5.41, 5.74) is 0.894. The first kappa shape index (κ1) is 20.3. The van der Waals surface area contributed by atoms with Crippen LogP contribution in [-0.4, -0.2) is 75.2 Å². The van der Waals surface area contributed by atoms with Gasteiger partial charge in [-0.2, -0.15) is 9.29 Å². The number of ether oxygens (including phenoxy) is 1.